The maximum absolute atomic E-state index is 13.8. The number of fused-ring (bicyclic) bond motifs is 1. The number of tetrazole rings is 1. The van der Waals surface area contributed by atoms with E-state index in [9.17, 15) is 34.5 Å². The first-order valence-electron chi connectivity index (χ1n) is 15.1. The Morgan fingerprint density at radius 3 is 2.61 bits per heavy atom. The molecule has 2 aliphatic rings. The van der Waals surface area contributed by atoms with Crippen LogP contribution in [0.25, 0.3) is 5.70 Å². The fourth-order valence-corrected chi connectivity index (χ4v) is 7.28. The summed E-state index contributed by atoms with van der Waals surface area (Å²) >= 11 is 8.50. The Labute approximate surface area is 303 Å². The number of carbonyl (C=O) groups is 4. The number of nitrogens with two attached hydrogens (primary N) is 1. The van der Waals surface area contributed by atoms with Gasteiger partial charge in [0.05, 0.1) is 43.5 Å². The number of β-lactam (4-membered cyclic amide) rings is 1. The van der Waals surface area contributed by atoms with E-state index in [0.717, 1.165) is 16.9 Å². The number of thiazole rings is 1. The summed E-state index contributed by atoms with van der Waals surface area (Å²) in [6, 6.07) is 1.50. The molecule has 4 heterocycles. The summed E-state index contributed by atoms with van der Waals surface area (Å²) in [4.78, 5) is 62.4. The van der Waals surface area contributed by atoms with E-state index < -0.39 is 52.2 Å². The number of thioether (sulfide) groups is 1. The second kappa shape index (κ2) is 14.3. The molecule has 3 amide bonds. The predicted molar refractivity (Wildman–Crippen MR) is 186 cm³/mol. The van der Waals surface area contributed by atoms with Gasteiger partial charge in [-0.15, -0.1) is 28.2 Å². The van der Waals surface area contributed by atoms with Crippen molar-refractivity contribution in [2.45, 2.75) is 30.9 Å². The standard InChI is InChI=1S/C29H34ClN11O8S2/c1-29(2,27(47)48)49-36-18(15-12-51-28(31)33-15)24(45)34-19-25(46)40-20(22-35-37-38-39(22)3)13(11-50-26(19)40)10-41(4,5)9-8-32-23(44)14-6-7-16(42)21(43)17(14)30/h6-7,12,19,26H,8-11H2,1-5H3,(H6-,31,32,33,34,36,37,38,42,43,44,45,47,48)/p+1. The molecule has 2 atom stereocenters. The largest absolute Gasteiger partial charge is 0.504 e. The zero-order chi connectivity index (χ0) is 37.4. The fourth-order valence-electron chi connectivity index (χ4n) is 5.15. The number of oxime groups is 1. The molecule has 0 aliphatic carbocycles. The number of nitrogens with zero attached hydrogens (tertiary/aromatic N) is 8. The molecule has 0 radical (unpaired) electrons. The highest BCUT2D eigenvalue weighted by molar-refractivity contribution is 8.00. The van der Waals surface area contributed by atoms with Crippen molar-refractivity contribution in [2.75, 3.05) is 45.2 Å². The molecule has 2 aliphatic heterocycles. The first kappa shape index (κ1) is 37.3. The lowest BCUT2D eigenvalue weighted by atomic mass is 10.0. The number of hydrogen-bond acceptors (Lipinski definition) is 15. The van der Waals surface area contributed by atoms with Gasteiger partial charge in [0.25, 0.3) is 17.7 Å². The molecule has 2 unspecified atom stereocenters. The van der Waals surface area contributed by atoms with Gasteiger partial charge in [0.15, 0.2) is 28.2 Å². The van der Waals surface area contributed by atoms with Crippen LogP contribution in [0.1, 0.15) is 35.7 Å². The van der Waals surface area contributed by atoms with Gasteiger partial charge in [0.2, 0.25) is 5.60 Å². The number of carboxylic acid groups (broad SMARTS) is 1. The molecule has 272 valence electrons. The number of hydrogen-bond donors (Lipinski definition) is 6. The smallest absolute Gasteiger partial charge is 0.350 e. The number of phenols is 2. The van der Waals surface area contributed by atoms with Gasteiger partial charge in [-0.3, -0.25) is 19.3 Å². The number of benzene rings is 1. The summed E-state index contributed by atoms with van der Waals surface area (Å²) in [6.07, 6.45) is 0. The van der Waals surface area contributed by atoms with Crippen molar-refractivity contribution in [1.29, 1.82) is 0 Å². The van der Waals surface area contributed by atoms with Crippen molar-refractivity contribution in [2.24, 2.45) is 12.2 Å². The summed E-state index contributed by atoms with van der Waals surface area (Å²) in [7, 11) is 5.54. The average molecular weight is 765 g/mol. The van der Waals surface area contributed by atoms with Gasteiger partial charge >= 0.3 is 5.97 Å². The van der Waals surface area contributed by atoms with Crippen LogP contribution < -0.4 is 16.4 Å². The number of halogens is 1. The lowest BCUT2D eigenvalue weighted by Crippen LogP contribution is -2.70. The van der Waals surface area contributed by atoms with Crippen molar-refractivity contribution in [3.05, 3.63) is 45.2 Å². The number of rotatable bonds is 13. The van der Waals surface area contributed by atoms with Gasteiger partial charge < -0.3 is 41.0 Å². The van der Waals surface area contributed by atoms with Crippen molar-refractivity contribution in [3.63, 3.8) is 0 Å². The highest BCUT2D eigenvalue weighted by atomic mass is 35.5. The lowest BCUT2D eigenvalue weighted by Gasteiger charge is -2.50. The average Bonchev–Trinajstić information content (AvgIpc) is 3.69. The van der Waals surface area contributed by atoms with Crippen LogP contribution in [-0.4, -0.2) is 136 Å². The Morgan fingerprint density at radius 1 is 1.25 bits per heavy atom. The Kier molecular flexibility index (Phi) is 10.5. The van der Waals surface area contributed by atoms with E-state index in [0.29, 0.717) is 34.8 Å². The molecule has 2 aromatic heterocycles. The Balaban J connectivity index is 1.33. The number of carboxylic acids is 1. The molecule has 5 rings (SSSR count). The molecule has 0 bridgehead atoms. The van der Waals surface area contributed by atoms with Crippen LogP contribution in [0, 0.1) is 0 Å². The monoisotopic (exact) mass is 764 g/mol. The molecule has 1 saturated heterocycles. The number of likely N-dealkylation sites (N-methyl/N-ethyl adjacent to an activating group) is 1. The van der Waals surface area contributed by atoms with E-state index >= 15 is 0 Å². The Morgan fingerprint density at radius 2 is 1.98 bits per heavy atom. The molecular weight excluding hydrogens is 730 g/mol. The SMILES string of the molecule is Cn1nnnc1C1=C(C[N+](C)(C)CCNC(=O)c2ccc(O)c(O)c2Cl)CSC2C(NC(=O)/C(=N\OC(C)(C)C(=O)O)c3csc(N)n3)C(=O)N12. The topological polar surface area (TPSA) is 260 Å². The van der Waals surface area contributed by atoms with Crippen LogP contribution in [0.3, 0.4) is 0 Å². The number of phenolic OH excluding ortho intramolecular Hbond substituents is 2. The van der Waals surface area contributed by atoms with Crippen LogP contribution in [0.15, 0.2) is 28.2 Å². The minimum Gasteiger partial charge on any atom is -0.504 e. The van der Waals surface area contributed by atoms with Crippen LogP contribution >= 0.6 is 34.7 Å². The zero-order valence-electron chi connectivity index (χ0n) is 27.9. The summed E-state index contributed by atoms with van der Waals surface area (Å²) in [5, 5.41) is 50.9. The van der Waals surface area contributed by atoms with Crippen molar-refractivity contribution in [3.8, 4) is 11.5 Å². The predicted octanol–water partition coefficient (Wildman–Crippen LogP) is 0.215. The minimum absolute atomic E-state index is 0.00967. The van der Waals surface area contributed by atoms with E-state index in [1.807, 2.05) is 14.1 Å². The summed E-state index contributed by atoms with van der Waals surface area (Å²) in [5.74, 6) is -3.34. The van der Waals surface area contributed by atoms with Crippen molar-refractivity contribution >= 4 is 74.9 Å². The third-order valence-electron chi connectivity index (χ3n) is 7.99. The zero-order valence-corrected chi connectivity index (χ0v) is 30.3. The van der Waals surface area contributed by atoms with E-state index in [4.69, 9.17) is 22.2 Å². The van der Waals surface area contributed by atoms with Crippen molar-refractivity contribution < 1.29 is 43.8 Å². The number of nitrogens with one attached hydrogen (secondary N) is 2. The summed E-state index contributed by atoms with van der Waals surface area (Å²) in [6.45, 7) is 3.63. The van der Waals surface area contributed by atoms with Gasteiger partial charge in [0.1, 0.15) is 23.7 Å². The number of aromatic hydroxyl groups is 2. The lowest BCUT2D eigenvalue weighted by molar-refractivity contribution is -0.884. The summed E-state index contributed by atoms with van der Waals surface area (Å²) < 4.78 is 1.81. The van der Waals surface area contributed by atoms with Gasteiger partial charge in [-0.05, 0) is 36.4 Å². The normalized spacial score (nSPS) is 17.9. The first-order chi connectivity index (χ1) is 23.9. The van der Waals surface area contributed by atoms with Gasteiger partial charge in [0, 0.05) is 23.8 Å². The maximum atomic E-state index is 13.8. The number of amides is 3. The van der Waals surface area contributed by atoms with E-state index in [2.05, 4.69) is 36.3 Å². The van der Waals surface area contributed by atoms with Gasteiger partial charge in [-0.2, -0.15) is 0 Å². The number of nitrogen functional groups attached to an aromatic ring is 1. The third kappa shape index (κ3) is 7.70. The number of quaternary nitrogens is 1. The highest BCUT2D eigenvalue weighted by Gasteiger charge is 2.54. The number of aromatic nitrogens is 5. The summed E-state index contributed by atoms with van der Waals surface area (Å²) in [5.41, 5.74) is 5.04. The quantitative estimate of drug-likeness (QED) is 0.0447. The molecule has 0 saturated carbocycles. The van der Waals surface area contributed by atoms with Crippen LogP contribution in [0.4, 0.5) is 5.13 Å². The Hall–Kier alpha value is -4.99. The highest BCUT2D eigenvalue weighted by Crippen LogP contribution is 2.44. The van der Waals surface area contributed by atoms with E-state index in [1.54, 1.807) is 7.05 Å². The van der Waals surface area contributed by atoms with Crippen LogP contribution in [0.2, 0.25) is 5.02 Å². The Bertz CT molecular complexity index is 1960. The molecule has 7 N–H and O–H groups in total. The van der Waals surface area contributed by atoms with Crippen LogP contribution in [0.5, 0.6) is 11.5 Å². The van der Waals surface area contributed by atoms with E-state index in [-0.39, 0.29) is 33.7 Å². The number of carbonyl (C=O) groups excluding carboxylic acids is 3. The van der Waals surface area contributed by atoms with E-state index in [1.165, 1.54) is 52.7 Å². The maximum Gasteiger partial charge on any atom is 0.350 e. The molecule has 1 fully saturated rings. The van der Waals surface area contributed by atoms with Gasteiger partial charge in [-0.25, -0.2) is 14.5 Å². The van der Waals surface area contributed by atoms with Gasteiger partial charge in [-0.1, -0.05) is 16.8 Å². The van der Waals surface area contributed by atoms with Crippen molar-refractivity contribution in [1.82, 2.24) is 40.7 Å². The molecule has 19 nitrogen and oxygen atoms in total. The second-order valence-corrected chi connectivity index (χ2v) is 15.1. The molecular formula is C29H35ClN11O8S2+. The fraction of sp³-hybridized carbons (Fsp3) is 0.414. The third-order valence-corrected chi connectivity index (χ3v) is 10.4. The molecule has 1 aromatic carbocycles. The first-order valence-corrected chi connectivity index (χ1v) is 17.4. The minimum atomic E-state index is -1.77. The molecule has 22 heteroatoms. The molecule has 0 spiro atoms. The van der Waals surface area contributed by atoms with Crippen LogP contribution in [-0.2, 0) is 26.3 Å². The number of aryl methyl sites for hydroxylation is 1. The number of aliphatic carboxylic acids is 1. The molecule has 51 heavy (non-hydrogen) atoms. The number of anilines is 1. The second-order valence-electron chi connectivity index (χ2n) is 12.7. The molecule has 3 aromatic rings.